The molecule has 1 saturated carbocycles. The number of ether oxygens (including phenoxy) is 1. The van der Waals surface area contributed by atoms with Gasteiger partial charge in [0.05, 0.1) is 0 Å². The minimum Gasteiger partial charge on any atom is -0.459 e. The van der Waals surface area contributed by atoms with Crippen LogP contribution in [-0.4, -0.2) is 41.3 Å². The molecule has 3 aliphatic heterocycles. The Kier molecular flexibility index (Phi) is 4.31. The number of fused-ring (bicyclic) bond motifs is 2. The smallest absolute Gasteiger partial charge is 0.343 e. The summed E-state index contributed by atoms with van der Waals surface area (Å²) in [4.78, 5) is 14.9. The molecule has 1 unspecified atom stereocenters. The minimum absolute atomic E-state index is 0.0435. The van der Waals surface area contributed by atoms with Gasteiger partial charge in [-0.25, -0.2) is 4.79 Å². The molecule has 1 atom stereocenters. The summed E-state index contributed by atoms with van der Waals surface area (Å²) in [7, 11) is 0. The molecule has 1 saturated heterocycles. The lowest BCUT2D eigenvalue weighted by molar-refractivity contribution is -0.165. The highest BCUT2D eigenvalue weighted by Crippen LogP contribution is 2.39. The number of rotatable bonds is 5. The third-order valence-corrected chi connectivity index (χ3v) is 5.68. The molecule has 0 aromatic heterocycles. The highest BCUT2D eigenvalue weighted by Gasteiger charge is 2.47. The van der Waals surface area contributed by atoms with Crippen LogP contribution in [0.4, 0.5) is 0 Å². The van der Waals surface area contributed by atoms with Gasteiger partial charge in [0.1, 0.15) is 6.61 Å². The molecule has 4 aliphatic rings. The molecule has 2 bridgehead atoms. The summed E-state index contributed by atoms with van der Waals surface area (Å²) in [6, 6.07) is 0. The number of hydrogen-bond donors (Lipinski definition) is 1. The van der Waals surface area contributed by atoms with Crippen LogP contribution in [0.15, 0.2) is 23.9 Å². The van der Waals surface area contributed by atoms with Crippen LogP contribution in [0.5, 0.6) is 0 Å². The Bertz CT molecular complexity index is 485. The van der Waals surface area contributed by atoms with Crippen molar-refractivity contribution in [3.8, 4) is 0 Å². The summed E-state index contributed by atoms with van der Waals surface area (Å²) in [5.74, 6) is -0.00974. The van der Waals surface area contributed by atoms with Gasteiger partial charge in [0.2, 0.25) is 0 Å². The van der Waals surface area contributed by atoms with Crippen molar-refractivity contribution in [1.29, 1.82) is 0 Å². The van der Waals surface area contributed by atoms with Crippen molar-refractivity contribution < 1.29 is 14.6 Å². The first kappa shape index (κ1) is 15.6. The van der Waals surface area contributed by atoms with Crippen LogP contribution in [-0.2, 0) is 9.53 Å². The van der Waals surface area contributed by atoms with E-state index in [9.17, 15) is 9.90 Å². The molecular weight excluding hydrogens is 278 g/mol. The Labute approximate surface area is 132 Å². The number of esters is 1. The van der Waals surface area contributed by atoms with Crippen molar-refractivity contribution in [3.05, 3.63) is 23.9 Å². The average molecular weight is 305 g/mol. The molecule has 1 aliphatic carbocycles. The number of nitrogens with zero attached hydrogens (tertiary/aromatic N) is 1. The van der Waals surface area contributed by atoms with Gasteiger partial charge in [-0.2, -0.15) is 0 Å². The predicted octanol–water partition coefficient (Wildman–Crippen LogP) is 2.64. The number of carbonyl (C=O) groups is 1. The molecule has 4 rings (SSSR count). The summed E-state index contributed by atoms with van der Waals surface area (Å²) >= 11 is 0. The molecule has 1 N–H and O–H groups in total. The zero-order chi connectivity index (χ0) is 15.7. The van der Waals surface area contributed by atoms with Gasteiger partial charge in [-0.05, 0) is 49.7 Å². The van der Waals surface area contributed by atoms with E-state index in [2.05, 4.69) is 17.7 Å². The van der Waals surface area contributed by atoms with Gasteiger partial charge in [0, 0.05) is 25.2 Å². The molecule has 0 spiro atoms. The van der Waals surface area contributed by atoms with E-state index in [1.807, 2.05) is 0 Å². The fraction of sp³-hybridized carbons (Fsp3) is 0.722. The van der Waals surface area contributed by atoms with Crippen molar-refractivity contribution in [3.63, 3.8) is 0 Å². The third kappa shape index (κ3) is 2.69. The molecule has 4 nitrogen and oxygen atoms in total. The first-order valence-electron chi connectivity index (χ1n) is 8.52. The van der Waals surface area contributed by atoms with Crippen LogP contribution < -0.4 is 0 Å². The SMILES string of the molecule is C=C(C)C(O)(C(=O)OCC1=CN2CCC1CC2)C1CCCC1. The number of piperidine rings is 1. The summed E-state index contributed by atoms with van der Waals surface area (Å²) in [6.45, 7) is 8.11. The highest BCUT2D eigenvalue weighted by molar-refractivity contribution is 5.83. The Morgan fingerprint density at radius 1 is 1.36 bits per heavy atom. The first-order valence-corrected chi connectivity index (χ1v) is 8.52. The molecule has 0 radical (unpaired) electrons. The first-order chi connectivity index (χ1) is 10.5. The van der Waals surface area contributed by atoms with E-state index in [1.54, 1.807) is 6.92 Å². The maximum atomic E-state index is 12.6. The van der Waals surface area contributed by atoms with Gasteiger partial charge in [-0.3, -0.25) is 0 Å². The van der Waals surface area contributed by atoms with Crippen LogP contribution in [0.3, 0.4) is 0 Å². The molecule has 122 valence electrons. The molecule has 3 heterocycles. The summed E-state index contributed by atoms with van der Waals surface area (Å²) in [5.41, 5.74) is 0.194. The van der Waals surface area contributed by atoms with Crippen LogP contribution in [0.1, 0.15) is 45.4 Å². The van der Waals surface area contributed by atoms with Crippen molar-refractivity contribution in [2.24, 2.45) is 11.8 Å². The van der Waals surface area contributed by atoms with E-state index >= 15 is 0 Å². The predicted molar refractivity (Wildman–Crippen MR) is 85.1 cm³/mol. The average Bonchev–Trinajstić information content (AvgIpc) is 3.07. The van der Waals surface area contributed by atoms with E-state index in [0.29, 0.717) is 18.1 Å². The van der Waals surface area contributed by atoms with Gasteiger partial charge in [0.15, 0.2) is 5.60 Å². The van der Waals surface area contributed by atoms with Crippen molar-refractivity contribution in [1.82, 2.24) is 4.90 Å². The zero-order valence-corrected chi connectivity index (χ0v) is 13.5. The number of carbonyl (C=O) groups excluding carboxylic acids is 1. The fourth-order valence-electron chi connectivity index (χ4n) is 4.19. The Morgan fingerprint density at radius 3 is 2.50 bits per heavy atom. The van der Waals surface area contributed by atoms with Crippen LogP contribution >= 0.6 is 0 Å². The standard InChI is InChI=1S/C18H27NO3/c1-13(2)18(21,16-5-3-4-6-16)17(20)22-12-15-11-19-9-7-14(15)8-10-19/h11,14,16,21H,1,3-10,12H2,2H3. The van der Waals surface area contributed by atoms with Gasteiger partial charge >= 0.3 is 5.97 Å². The fourth-order valence-corrected chi connectivity index (χ4v) is 4.19. The molecular formula is C18H27NO3. The molecule has 22 heavy (non-hydrogen) atoms. The van der Waals surface area contributed by atoms with Crippen LogP contribution in [0, 0.1) is 11.8 Å². The van der Waals surface area contributed by atoms with E-state index in [1.165, 1.54) is 5.57 Å². The quantitative estimate of drug-likeness (QED) is 0.626. The molecule has 0 aromatic carbocycles. The number of aliphatic hydroxyl groups is 1. The maximum Gasteiger partial charge on any atom is 0.343 e. The van der Waals surface area contributed by atoms with Gasteiger partial charge in [-0.15, -0.1) is 0 Å². The normalized spacial score (nSPS) is 25.0. The third-order valence-electron chi connectivity index (χ3n) is 5.68. The zero-order valence-electron chi connectivity index (χ0n) is 13.5. The summed E-state index contributed by atoms with van der Waals surface area (Å²) in [5, 5.41) is 10.9. The van der Waals surface area contributed by atoms with Gasteiger partial charge in [0.25, 0.3) is 0 Å². The Hall–Kier alpha value is -1.29. The summed E-state index contributed by atoms with van der Waals surface area (Å²) in [6.07, 6.45) is 8.31. The molecule has 4 heteroatoms. The molecule has 0 aromatic rings. The second-order valence-electron chi connectivity index (χ2n) is 7.12. The van der Waals surface area contributed by atoms with E-state index < -0.39 is 11.6 Å². The molecule has 0 amide bonds. The van der Waals surface area contributed by atoms with Gasteiger partial charge < -0.3 is 14.7 Å². The van der Waals surface area contributed by atoms with Gasteiger partial charge in [-0.1, -0.05) is 19.4 Å². The van der Waals surface area contributed by atoms with E-state index in [4.69, 9.17) is 4.74 Å². The summed E-state index contributed by atoms with van der Waals surface area (Å²) < 4.78 is 5.53. The maximum absolute atomic E-state index is 12.6. The highest BCUT2D eigenvalue weighted by atomic mass is 16.5. The lowest BCUT2D eigenvalue weighted by Crippen LogP contribution is -2.47. The Balaban J connectivity index is 1.66. The van der Waals surface area contributed by atoms with Crippen LogP contribution in [0.25, 0.3) is 0 Å². The topological polar surface area (TPSA) is 49.8 Å². The van der Waals surface area contributed by atoms with Crippen molar-refractivity contribution in [2.75, 3.05) is 19.7 Å². The van der Waals surface area contributed by atoms with E-state index in [0.717, 1.165) is 51.6 Å². The lowest BCUT2D eigenvalue weighted by atomic mass is 9.81. The minimum atomic E-state index is -1.51. The second-order valence-corrected chi connectivity index (χ2v) is 7.12. The lowest BCUT2D eigenvalue weighted by Gasteiger charge is -2.39. The van der Waals surface area contributed by atoms with Crippen LogP contribution in [0.2, 0.25) is 0 Å². The monoisotopic (exact) mass is 305 g/mol. The number of hydrogen-bond acceptors (Lipinski definition) is 4. The van der Waals surface area contributed by atoms with Crippen molar-refractivity contribution >= 4 is 5.97 Å². The molecule has 2 fully saturated rings. The van der Waals surface area contributed by atoms with E-state index in [-0.39, 0.29) is 5.92 Å². The Morgan fingerprint density at radius 2 is 2.00 bits per heavy atom. The second kappa shape index (κ2) is 6.07. The van der Waals surface area contributed by atoms with Crippen molar-refractivity contribution in [2.45, 2.75) is 51.0 Å². The largest absolute Gasteiger partial charge is 0.459 e.